The van der Waals surface area contributed by atoms with E-state index in [-0.39, 0.29) is 0 Å². The molecule has 1 aliphatic rings. The van der Waals surface area contributed by atoms with Crippen molar-refractivity contribution in [2.45, 2.75) is 44.0 Å². The molecular weight excluding hydrogens is 230 g/mol. The molecule has 0 radical (unpaired) electrons. The number of nitrogens with one attached hydrogen (secondary N) is 1. The fourth-order valence-corrected chi connectivity index (χ4v) is 3.53. The highest BCUT2D eigenvalue weighted by molar-refractivity contribution is 7.99. The van der Waals surface area contributed by atoms with Gasteiger partial charge >= 0.3 is 0 Å². The fraction of sp³-hybridized carbons (Fsp3) is 0.571. The van der Waals surface area contributed by atoms with Crippen molar-refractivity contribution >= 4 is 11.8 Å². The van der Waals surface area contributed by atoms with E-state index in [2.05, 4.69) is 24.0 Å². The molecule has 1 aliphatic carbocycles. The molecule has 3 heteroatoms. The van der Waals surface area contributed by atoms with Crippen molar-refractivity contribution in [3.05, 3.63) is 29.8 Å². The maximum atomic E-state index is 9.21. The number of thioether (sulfide) groups is 1. The van der Waals surface area contributed by atoms with Crippen molar-refractivity contribution in [3.8, 4) is 5.75 Å². The molecule has 0 saturated heterocycles. The summed E-state index contributed by atoms with van der Waals surface area (Å²) in [5.74, 6) is 1.57. The minimum absolute atomic E-state index is 0.342. The van der Waals surface area contributed by atoms with Crippen LogP contribution >= 0.6 is 11.8 Å². The number of rotatable bonds is 5. The molecule has 0 amide bonds. The van der Waals surface area contributed by atoms with E-state index in [0.717, 1.165) is 11.8 Å². The molecule has 17 heavy (non-hydrogen) atoms. The maximum absolute atomic E-state index is 9.21. The molecule has 1 saturated carbocycles. The number of benzene rings is 1. The maximum Gasteiger partial charge on any atom is 0.115 e. The molecule has 1 aromatic carbocycles. The quantitative estimate of drug-likeness (QED) is 0.843. The Kier molecular flexibility index (Phi) is 4.75. The van der Waals surface area contributed by atoms with Crippen LogP contribution in [-0.4, -0.2) is 22.2 Å². The van der Waals surface area contributed by atoms with Gasteiger partial charge in [-0.15, -0.1) is 0 Å². The summed E-state index contributed by atoms with van der Waals surface area (Å²) >= 11 is 2.09. The molecule has 0 aromatic heterocycles. The Labute approximate surface area is 108 Å². The van der Waals surface area contributed by atoms with E-state index in [0.29, 0.717) is 11.8 Å². The zero-order chi connectivity index (χ0) is 12.1. The van der Waals surface area contributed by atoms with Gasteiger partial charge in [0.1, 0.15) is 5.75 Å². The Balaban J connectivity index is 1.74. The van der Waals surface area contributed by atoms with Crippen molar-refractivity contribution < 1.29 is 5.11 Å². The van der Waals surface area contributed by atoms with E-state index in [1.807, 2.05) is 12.1 Å². The van der Waals surface area contributed by atoms with Gasteiger partial charge in [-0.25, -0.2) is 0 Å². The molecule has 94 valence electrons. The molecule has 0 spiro atoms. The summed E-state index contributed by atoms with van der Waals surface area (Å²) in [4.78, 5) is 0. The molecule has 0 heterocycles. The second-order valence-corrected chi connectivity index (χ2v) is 6.21. The van der Waals surface area contributed by atoms with E-state index >= 15 is 0 Å². The van der Waals surface area contributed by atoms with Crippen molar-refractivity contribution in [2.75, 3.05) is 5.75 Å². The predicted octanol–water partition coefficient (Wildman–Crippen LogP) is 3.16. The van der Waals surface area contributed by atoms with Crippen molar-refractivity contribution in [1.29, 1.82) is 0 Å². The molecule has 1 fully saturated rings. The largest absolute Gasteiger partial charge is 0.508 e. The Bertz CT molecular complexity index is 339. The molecule has 0 bridgehead atoms. The van der Waals surface area contributed by atoms with Gasteiger partial charge in [-0.2, -0.15) is 11.8 Å². The van der Waals surface area contributed by atoms with Crippen molar-refractivity contribution in [3.63, 3.8) is 0 Å². The summed E-state index contributed by atoms with van der Waals surface area (Å²) in [6, 6.07) is 8.14. The monoisotopic (exact) mass is 251 g/mol. The van der Waals surface area contributed by atoms with E-state index in [1.54, 1.807) is 12.1 Å². The van der Waals surface area contributed by atoms with Crippen LogP contribution in [0.2, 0.25) is 0 Å². The molecular formula is C14H21NOS. The molecule has 1 aromatic rings. The zero-order valence-corrected chi connectivity index (χ0v) is 11.2. The van der Waals surface area contributed by atoms with Gasteiger partial charge in [0.25, 0.3) is 0 Å². The smallest absolute Gasteiger partial charge is 0.115 e. The van der Waals surface area contributed by atoms with Crippen LogP contribution in [0.5, 0.6) is 5.75 Å². The summed E-state index contributed by atoms with van der Waals surface area (Å²) < 4.78 is 0. The number of aromatic hydroxyl groups is 1. The average Bonchev–Trinajstić information content (AvgIpc) is 2.77. The van der Waals surface area contributed by atoms with E-state index in [9.17, 15) is 5.11 Å². The topological polar surface area (TPSA) is 32.3 Å². The minimum atomic E-state index is 0.342. The Hall–Kier alpha value is -0.670. The van der Waals surface area contributed by atoms with Crippen LogP contribution in [0.15, 0.2) is 24.3 Å². The lowest BCUT2D eigenvalue weighted by Crippen LogP contribution is -2.26. The van der Waals surface area contributed by atoms with Gasteiger partial charge in [0, 0.05) is 17.8 Å². The molecule has 2 unspecified atom stereocenters. The number of hydrogen-bond acceptors (Lipinski definition) is 3. The lowest BCUT2D eigenvalue weighted by atomic mass is 10.2. The third-order valence-corrected chi connectivity index (χ3v) is 4.55. The minimum Gasteiger partial charge on any atom is -0.508 e. The summed E-state index contributed by atoms with van der Waals surface area (Å²) in [6.45, 7) is 3.15. The fourth-order valence-electron chi connectivity index (χ4n) is 2.39. The van der Waals surface area contributed by atoms with Gasteiger partial charge in [0.2, 0.25) is 0 Å². The number of phenolic OH excluding ortho intramolecular Hbond substituents is 1. The van der Waals surface area contributed by atoms with Crippen LogP contribution in [0.3, 0.4) is 0 Å². The third-order valence-electron chi connectivity index (χ3n) is 3.32. The SMILES string of the molecule is CCSC1CCC(NCc2ccc(O)cc2)C1. The van der Waals surface area contributed by atoms with Crippen LogP contribution in [0.25, 0.3) is 0 Å². The van der Waals surface area contributed by atoms with Gasteiger partial charge in [-0.05, 0) is 42.7 Å². The van der Waals surface area contributed by atoms with Gasteiger partial charge in [-0.3, -0.25) is 0 Å². The first-order valence-corrected chi connectivity index (χ1v) is 7.45. The first-order chi connectivity index (χ1) is 8.28. The second-order valence-electron chi connectivity index (χ2n) is 4.63. The molecule has 0 aliphatic heterocycles. The summed E-state index contributed by atoms with van der Waals surface area (Å²) in [5, 5.41) is 13.7. The lowest BCUT2D eigenvalue weighted by Gasteiger charge is -2.13. The zero-order valence-electron chi connectivity index (χ0n) is 10.4. The van der Waals surface area contributed by atoms with Crippen molar-refractivity contribution in [2.24, 2.45) is 0 Å². The van der Waals surface area contributed by atoms with Gasteiger partial charge in [0.05, 0.1) is 0 Å². The highest BCUT2D eigenvalue weighted by atomic mass is 32.2. The molecule has 2 atom stereocenters. The molecule has 2 nitrogen and oxygen atoms in total. The highest BCUT2D eigenvalue weighted by Gasteiger charge is 2.23. The predicted molar refractivity (Wildman–Crippen MR) is 74.5 cm³/mol. The first kappa shape index (κ1) is 12.8. The number of phenols is 1. The van der Waals surface area contributed by atoms with E-state index < -0.39 is 0 Å². The summed E-state index contributed by atoms with van der Waals surface area (Å²) in [5.41, 5.74) is 1.24. The van der Waals surface area contributed by atoms with Crippen LogP contribution in [0, 0.1) is 0 Å². The normalized spacial score (nSPS) is 24.1. The average molecular weight is 251 g/mol. The summed E-state index contributed by atoms with van der Waals surface area (Å²) in [6.07, 6.45) is 3.96. The first-order valence-electron chi connectivity index (χ1n) is 6.41. The second kappa shape index (κ2) is 6.31. The standard InChI is InChI=1S/C14H21NOS/c1-2-17-14-8-5-12(9-14)15-10-11-3-6-13(16)7-4-11/h3-4,6-7,12,14-16H,2,5,8-10H2,1H3. The Morgan fingerprint density at radius 2 is 2.06 bits per heavy atom. The van der Waals surface area contributed by atoms with Gasteiger partial charge in [-0.1, -0.05) is 19.1 Å². The van der Waals surface area contributed by atoms with Crippen LogP contribution in [0.1, 0.15) is 31.7 Å². The Morgan fingerprint density at radius 3 is 2.76 bits per heavy atom. The Morgan fingerprint density at radius 1 is 1.29 bits per heavy atom. The number of hydrogen-bond donors (Lipinski definition) is 2. The third kappa shape index (κ3) is 3.93. The van der Waals surface area contributed by atoms with Gasteiger partial charge < -0.3 is 10.4 Å². The van der Waals surface area contributed by atoms with E-state index in [1.165, 1.54) is 30.6 Å². The van der Waals surface area contributed by atoms with Gasteiger partial charge in [0.15, 0.2) is 0 Å². The van der Waals surface area contributed by atoms with Crippen LogP contribution < -0.4 is 5.32 Å². The van der Waals surface area contributed by atoms with Crippen LogP contribution in [0.4, 0.5) is 0 Å². The van der Waals surface area contributed by atoms with E-state index in [4.69, 9.17) is 0 Å². The van der Waals surface area contributed by atoms with Crippen molar-refractivity contribution in [1.82, 2.24) is 5.32 Å². The lowest BCUT2D eigenvalue weighted by molar-refractivity contribution is 0.474. The molecule has 2 N–H and O–H groups in total. The summed E-state index contributed by atoms with van der Waals surface area (Å²) in [7, 11) is 0. The molecule has 2 rings (SSSR count). The highest BCUT2D eigenvalue weighted by Crippen LogP contribution is 2.29. The van der Waals surface area contributed by atoms with Crippen LogP contribution in [-0.2, 0) is 6.54 Å².